The second kappa shape index (κ2) is 13.6. The molecule has 0 unspecified atom stereocenters. The van der Waals surface area contributed by atoms with Crippen molar-refractivity contribution in [1.82, 2.24) is 30.4 Å². The number of allylic oxidation sites excluding steroid dienone is 1. The summed E-state index contributed by atoms with van der Waals surface area (Å²) in [5, 5.41) is 23.3. The molecule has 3 amide bonds. The van der Waals surface area contributed by atoms with Crippen LogP contribution in [0.1, 0.15) is 22.8 Å². The molecule has 4 aromatic rings. The van der Waals surface area contributed by atoms with Crippen LogP contribution >= 0.6 is 11.3 Å². The first kappa shape index (κ1) is 32.5. The Morgan fingerprint density at radius 3 is 2.61 bits per heavy atom. The number of benzene rings is 1. The Balaban J connectivity index is 1.26. The van der Waals surface area contributed by atoms with Gasteiger partial charge in [-0.25, -0.2) is 28.3 Å². The van der Waals surface area contributed by atoms with Gasteiger partial charge in [-0.3, -0.25) is 20.1 Å². The van der Waals surface area contributed by atoms with Crippen LogP contribution in [0.5, 0.6) is 0 Å². The molecule has 5 rings (SSSR count). The Kier molecular flexibility index (Phi) is 9.59. The Morgan fingerprint density at radius 1 is 1.11 bits per heavy atom. The molecule has 242 valence electrons. The van der Waals surface area contributed by atoms with E-state index in [1.165, 1.54) is 12.4 Å². The van der Waals surface area contributed by atoms with E-state index in [1.807, 2.05) is 0 Å². The number of aromatic nitrogens is 4. The molecule has 1 saturated heterocycles. The fourth-order valence-corrected chi connectivity index (χ4v) is 5.32. The van der Waals surface area contributed by atoms with Crippen LogP contribution in [0.15, 0.2) is 36.7 Å². The maximum Gasteiger partial charge on any atom is 0.378 e. The SMILES string of the molecule is C/C(=C/C(F)(F)C(=O)O)c1cc(F)c(NC(=O)Nc2ncc(-c3cc(C(=O)NCCN4CCOCC4)c4cn[nH]c4n3)s2)cc1F. The first-order valence-electron chi connectivity index (χ1n) is 13.7. The van der Waals surface area contributed by atoms with Crippen molar-refractivity contribution in [2.45, 2.75) is 12.8 Å². The van der Waals surface area contributed by atoms with E-state index in [-0.39, 0.29) is 17.1 Å². The van der Waals surface area contributed by atoms with E-state index in [1.54, 1.807) is 6.07 Å². The van der Waals surface area contributed by atoms with Crippen molar-refractivity contribution in [1.29, 1.82) is 0 Å². The Morgan fingerprint density at radius 2 is 1.87 bits per heavy atom. The number of H-pyrrole nitrogens is 1. The quantitative estimate of drug-likeness (QED) is 0.156. The second-order valence-electron chi connectivity index (χ2n) is 10.1. The van der Waals surface area contributed by atoms with Crippen molar-refractivity contribution in [2.75, 3.05) is 50.0 Å². The number of urea groups is 1. The highest BCUT2D eigenvalue weighted by Gasteiger charge is 2.36. The first-order valence-corrected chi connectivity index (χ1v) is 14.5. The number of anilines is 2. The summed E-state index contributed by atoms with van der Waals surface area (Å²) in [6, 6.07) is 1.71. The van der Waals surface area contributed by atoms with Gasteiger partial charge in [0, 0.05) is 44.0 Å². The van der Waals surface area contributed by atoms with Gasteiger partial charge in [-0.05, 0) is 30.7 Å². The van der Waals surface area contributed by atoms with Crippen LogP contribution in [0.4, 0.5) is 33.2 Å². The molecule has 1 aliphatic rings. The number of carboxylic acid groups (broad SMARTS) is 1. The number of hydrogen-bond acceptors (Lipinski definition) is 9. The average Bonchev–Trinajstić information content (AvgIpc) is 3.68. The van der Waals surface area contributed by atoms with E-state index in [4.69, 9.17) is 9.84 Å². The number of fused-ring (bicyclic) bond motifs is 1. The van der Waals surface area contributed by atoms with Gasteiger partial charge < -0.3 is 20.5 Å². The average molecular weight is 663 g/mol. The number of halogens is 4. The smallest absolute Gasteiger partial charge is 0.378 e. The molecule has 5 N–H and O–H groups in total. The van der Waals surface area contributed by atoms with Crippen molar-refractivity contribution < 1.29 is 41.8 Å². The van der Waals surface area contributed by atoms with Crippen LogP contribution in [0.2, 0.25) is 0 Å². The molecule has 0 saturated carbocycles. The third kappa shape index (κ3) is 7.47. The number of aliphatic carboxylic acids is 1. The summed E-state index contributed by atoms with van der Waals surface area (Å²) in [6.45, 7) is 4.95. The highest BCUT2D eigenvalue weighted by molar-refractivity contribution is 7.19. The van der Waals surface area contributed by atoms with E-state index in [9.17, 15) is 31.9 Å². The Hall–Kier alpha value is -4.94. The van der Waals surface area contributed by atoms with Gasteiger partial charge in [-0.15, -0.1) is 0 Å². The molecule has 1 aromatic carbocycles. The van der Waals surface area contributed by atoms with Crippen LogP contribution < -0.4 is 16.0 Å². The molecule has 0 radical (unpaired) electrons. The number of hydrogen-bond donors (Lipinski definition) is 5. The topological polar surface area (TPSA) is 174 Å². The van der Waals surface area contributed by atoms with Gasteiger partial charge in [0.1, 0.15) is 11.6 Å². The lowest BCUT2D eigenvalue weighted by molar-refractivity contribution is -0.157. The van der Waals surface area contributed by atoms with Gasteiger partial charge in [-0.1, -0.05) is 11.3 Å². The first-order chi connectivity index (χ1) is 21.9. The van der Waals surface area contributed by atoms with Crippen LogP contribution in [0.25, 0.3) is 27.2 Å². The molecule has 0 bridgehead atoms. The monoisotopic (exact) mass is 662 g/mol. The van der Waals surface area contributed by atoms with Crippen molar-refractivity contribution in [2.24, 2.45) is 0 Å². The van der Waals surface area contributed by atoms with E-state index < -0.39 is 46.4 Å². The third-order valence-corrected chi connectivity index (χ3v) is 7.81. The molecule has 1 fully saturated rings. The maximum absolute atomic E-state index is 14.7. The highest BCUT2D eigenvalue weighted by atomic mass is 32.1. The van der Waals surface area contributed by atoms with Crippen LogP contribution in [0, 0.1) is 11.6 Å². The molecule has 46 heavy (non-hydrogen) atoms. The number of thiazole rings is 1. The van der Waals surface area contributed by atoms with Crippen molar-refractivity contribution >= 4 is 56.7 Å². The fourth-order valence-electron chi connectivity index (χ4n) is 4.55. The molecule has 0 aliphatic carbocycles. The van der Waals surface area contributed by atoms with Gasteiger partial charge in [0.15, 0.2) is 10.8 Å². The number of ether oxygens (including phenoxy) is 1. The van der Waals surface area contributed by atoms with Gasteiger partial charge >= 0.3 is 17.9 Å². The molecule has 1 aliphatic heterocycles. The summed E-state index contributed by atoms with van der Waals surface area (Å²) in [5.74, 6) is -9.42. The van der Waals surface area contributed by atoms with Crippen molar-refractivity contribution in [3.05, 3.63) is 59.4 Å². The number of nitrogens with one attached hydrogen (secondary N) is 4. The molecular formula is C28H26F4N8O5S. The molecule has 0 spiro atoms. The summed E-state index contributed by atoms with van der Waals surface area (Å²) >= 11 is 0.990. The predicted octanol–water partition coefficient (Wildman–Crippen LogP) is 4.19. The predicted molar refractivity (Wildman–Crippen MR) is 160 cm³/mol. The Bertz CT molecular complexity index is 1820. The number of pyridine rings is 1. The number of rotatable bonds is 10. The zero-order valence-corrected chi connectivity index (χ0v) is 24.8. The second-order valence-corrected chi connectivity index (χ2v) is 11.1. The summed E-state index contributed by atoms with van der Waals surface area (Å²) in [7, 11) is 0. The number of morpholine rings is 1. The number of amides is 3. The number of carbonyl (C=O) groups excluding carboxylic acids is 2. The highest BCUT2D eigenvalue weighted by Crippen LogP contribution is 2.31. The van der Waals surface area contributed by atoms with Crippen LogP contribution in [-0.2, 0) is 9.53 Å². The van der Waals surface area contributed by atoms with Crippen molar-refractivity contribution in [3.63, 3.8) is 0 Å². The number of carboxylic acids is 1. The zero-order valence-electron chi connectivity index (χ0n) is 24.0. The summed E-state index contributed by atoms with van der Waals surface area (Å²) in [5.41, 5.74) is -0.694. The largest absolute Gasteiger partial charge is 0.477 e. The standard InChI is InChI=1S/C28H26F4N8O5S/c1-14(11-28(31,32)25(42)43)15-8-19(30)20(10-18(15)29)37-26(44)38-27-34-13-22(46-27)21-9-16(17-12-35-39-23(17)36-21)24(41)33-2-3-40-4-6-45-7-5-40/h8-13H,2-7H2,1H3,(H,33,41)(H,42,43)(H,35,36,39)(H2,34,37,38,44)/b14-11-. The molecule has 3 aromatic heterocycles. The van der Waals surface area contributed by atoms with Gasteiger partial charge in [-0.2, -0.15) is 13.9 Å². The molecule has 13 nitrogen and oxygen atoms in total. The third-order valence-electron chi connectivity index (χ3n) is 6.88. The normalized spacial score (nSPS) is 14.3. The Labute approximate surface area is 261 Å². The lowest BCUT2D eigenvalue weighted by Crippen LogP contribution is -2.41. The minimum atomic E-state index is -4.30. The molecule has 4 heterocycles. The number of nitrogens with zero attached hydrogens (tertiary/aromatic N) is 4. The summed E-state index contributed by atoms with van der Waals surface area (Å²) in [4.78, 5) is 47.6. The number of alkyl halides is 2. The molecule has 18 heteroatoms. The zero-order chi connectivity index (χ0) is 33.0. The minimum Gasteiger partial charge on any atom is -0.477 e. The summed E-state index contributed by atoms with van der Waals surface area (Å²) in [6.07, 6.45) is 2.89. The van der Waals surface area contributed by atoms with Crippen molar-refractivity contribution in [3.8, 4) is 10.6 Å². The molecular weight excluding hydrogens is 636 g/mol. The van der Waals surface area contributed by atoms with Crippen LogP contribution in [0.3, 0.4) is 0 Å². The maximum atomic E-state index is 14.7. The van der Waals surface area contributed by atoms with Gasteiger partial charge in [0.05, 0.1) is 46.6 Å². The van der Waals surface area contributed by atoms with E-state index in [2.05, 4.69) is 41.0 Å². The van der Waals surface area contributed by atoms with E-state index in [0.29, 0.717) is 65.6 Å². The lowest BCUT2D eigenvalue weighted by atomic mass is 10.0. The molecule has 0 atom stereocenters. The van der Waals surface area contributed by atoms with E-state index in [0.717, 1.165) is 31.4 Å². The lowest BCUT2D eigenvalue weighted by Gasteiger charge is -2.26. The van der Waals surface area contributed by atoms with Crippen LogP contribution in [-0.4, -0.2) is 93.4 Å². The van der Waals surface area contributed by atoms with Gasteiger partial charge in [0.2, 0.25) is 0 Å². The number of aromatic amines is 1. The van der Waals surface area contributed by atoms with E-state index >= 15 is 0 Å². The fraction of sp³-hybridized carbons (Fsp3) is 0.286. The van der Waals surface area contributed by atoms with Gasteiger partial charge in [0.25, 0.3) is 5.91 Å². The number of carbonyl (C=O) groups is 3. The minimum absolute atomic E-state index is 0.00588. The summed E-state index contributed by atoms with van der Waals surface area (Å²) < 4.78 is 61.6.